The van der Waals surface area contributed by atoms with E-state index in [1.165, 1.54) is 13.2 Å². The second kappa shape index (κ2) is 6.93. The van der Waals surface area contributed by atoms with Crippen molar-refractivity contribution in [2.45, 2.75) is 6.42 Å². The number of ether oxygens (including phenoxy) is 1. The van der Waals surface area contributed by atoms with Gasteiger partial charge in [0.1, 0.15) is 0 Å². The molecule has 2 heteroatoms. The first-order valence-electron chi connectivity index (χ1n) is 3.76. The van der Waals surface area contributed by atoms with Crippen molar-refractivity contribution in [3.63, 3.8) is 0 Å². The van der Waals surface area contributed by atoms with E-state index in [9.17, 15) is 4.79 Å². The Bertz CT molecular complexity index is 277. The average molecular weight is 176 g/mol. The summed E-state index contributed by atoms with van der Waals surface area (Å²) in [7, 11) is 1.32. The van der Waals surface area contributed by atoms with Crippen molar-refractivity contribution in [1.29, 1.82) is 0 Å². The molecule has 0 heterocycles. The first-order chi connectivity index (χ1) is 6.24. The van der Waals surface area contributed by atoms with Gasteiger partial charge >= 0.3 is 5.97 Å². The minimum absolute atomic E-state index is 0.396. The van der Waals surface area contributed by atoms with Crippen LogP contribution in [0.5, 0.6) is 0 Å². The molecule has 0 amide bonds. The molecule has 0 aromatic heterocycles. The molecule has 2 nitrogen and oxygen atoms in total. The minimum Gasteiger partial charge on any atom is -0.466 e. The Labute approximate surface area is 78.6 Å². The van der Waals surface area contributed by atoms with Crippen LogP contribution in [0, 0.1) is 12.3 Å². The van der Waals surface area contributed by atoms with Crippen LogP contribution in [0.3, 0.4) is 0 Å². The van der Waals surface area contributed by atoms with Crippen molar-refractivity contribution in [3.8, 4) is 12.3 Å². The second-order valence-electron chi connectivity index (χ2n) is 2.24. The fourth-order valence-electron chi connectivity index (χ4n) is 0.692. The first kappa shape index (κ1) is 11.2. The predicted molar refractivity (Wildman–Crippen MR) is 52.9 cm³/mol. The van der Waals surface area contributed by atoms with E-state index in [0.29, 0.717) is 6.42 Å². The van der Waals surface area contributed by atoms with Gasteiger partial charge in [-0.1, -0.05) is 18.1 Å². The standard InChI is InChI=1S/C11H12O2/c1-4-6-10(7-5-2)8-9-11(12)13-3/h1,5-6,8-9H,2,7H2,3H3/b9-8+,10-6-. The molecule has 0 aliphatic heterocycles. The molecule has 0 unspecified atom stereocenters. The van der Waals surface area contributed by atoms with Crippen LogP contribution in [0.25, 0.3) is 0 Å². The summed E-state index contributed by atoms with van der Waals surface area (Å²) >= 11 is 0. The normalized spacial score (nSPS) is 10.9. The van der Waals surface area contributed by atoms with Gasteiger partial charge in [0.25, 0.3) is 0 Å². The lowest BCUT2D eigenvalue weighted by Gasteiger charge is -1.94. The molecule has 0 bridgehead atoms. The van der Waals surface area contributed by atoms with Crippen molar-refractivity contribution in [1.82, 2.24) is 0 Å². The van der Waals surface area contributed by atoms with Gasteiger partial charge in [-0.15, -0.1) is 13.0 Å². The fraction of sp³-hybridized carbons (Fsp3) is 0.182. The topological polar surface area (TPSA) is 26.3 Å². The van der Waals surface area contributed by atoms with Crippen LogP contribution in [-0.2, 0) is 9.53 Å². The van der Waals surface area contributed by atoms with E-state index in [1.54, 1.807) is 18.2 Å². The third-order valence-corrected chi connectivity index (χ3v) is 1.28. The Balaban J connectivity index is 4.35. The van der Waals surface area contributed by atoms with Crippen LogP contribution in [0.15, 0.2) is 36.5 Å². The van der Waals surface area contributed by atoms with Gasteiger partial charge < -0.3 is 4.74 Å². The van der Waals surface area contributed by atoms with Gasteiger partial charge in [-0.3, -0.25) is 0 Å². The molecular weight excluding hydrogens is 164 g/mol. The Kier molecular flexibility index (Phi) is 6.00. The molecule has 13 heavy (non-hydrogen) atoms. The van der Waals surface area contributed by atoms with Gasteiger partial charge in [0.2, 0.25) is 0 Å². The summed E-state index contributed by atoms with van der Waals surface area (Å²) in [6.07, 6.45) is 12.0. The van der Waals surface area contributed by atoms with Gasteiger partial charge in [0.15, 0.2) is 0 Å². The number of terminal acetylenes is 1. The highest BCUT2D eigenvalue weighted by atomic mass is 16.5. The number of hydrogen-bond acceptors (Lipinski definition) is 2. The second-order valence-corrected chi connectivity index (χ2v) is 2.24. The number of carbonyl (C=O) groups excluding carboxylic acids is 1. The molecule has 0 aliphatic rings. The number of rotatable bonds is 4. The monoisotopic (exact) mass is 176 g/mol. The maximum Gasteiger partial charge on any atom is 0.330 e. The van der Waals surface area contributed by atoms with Crippen molar-refractivity contribution >= 4 is 5.97 Å². The molecule has 0 aromatic rings. The third-order valence-electron chi connectivity index (χ3n) is 1.28. The Morgan fingerprint density at radius 2 is 2.31 bits per heavy atom. The van der Waals surface area contributed by atoms with Crippen molar-refractivity contribution in [2.75, 3.05) is 7.11 Å². The largest absolute Gasteiger partial charge is 0.466 e. The Morgan fingerprint density at radius 3 is 2.77 bits per heavy atom. The highest BCUT2D eigenvalue weighted by Gasteiger charge is 1.92. The minimum atomic E-state index is -0.396. The van der Waals surface area contributed by atoms with Gasteiger partial charge in [-0.05, 0) is 18.1 Å². The highest BCUT2D eigenvalue weighted by molar-refractivity contribution is 5.82. The summed E-state index contributed by atoms with van der Waals surface area (Å²) in [5, 5.41) is 0. The summed E-state index contributed by atoms with van der Waals surface area (Å²) in [4.78, 5) is 10.7. The summed E-state index contributed by atoms with van der Waals surface area (Å²) < 4.78 is 4.43. The molecule has 0 saturated carbocycles. The fourth-order valence-corrected chi connectivity index (χ4v) is 0.692. The number of carbonyl (C=O) groups is 1. The number of allylic oxidation sites excluding steroid dienone is 4. The zero-order valence-corrected chi connectivity index (χ0v) is 7.62. The SMILES string of the molecule is C#C/C=C(\C=C\C(=O)OC)CC=C. The molecule has 0 fully saturated rings. The van der Waals surface area contributed by atoms with E-state index in [-0.39, 0.29) is 0 Å². The molecular formula is C11H12O2. The van der Waals surface area contributed by atoms with Crippen LogP contribution < -0.4 is 0 Å². The van der Waals surface area contributed by atoms with E-state index < -0.39 is 5.97 Å². The number of esters is 1. The van der Waals surface area contributed by atoms with Gasteiger partial charge in [0, 0.05) is 6.08 Å². The van der Waals surface area contributed by atoms with Crippen molar-refractivity contribution < 1.29 is 9.53 Å². The average Bonchev–Trinajstić information content (AvgIpc) is 2.14. The van der Waals surface area contributed by atoms with Crippen LogP contribution in [0.2, 0.25) is 0 Å². The number of methoxy groups -OCH3 is 1. The maximum absolute atomic E-state index is 10.7. The molecule has 0 aliphatic carbocycles. The number of hydrogen-bond donors (Lipinski definition) is 0. The predicted octanol–water partition coefficient (Wildman–Crippen LogP) is 1.85. The van der Waals surface area contributed by atoms with Crippen LogP contribution in [0.4, 0.5) is 0 Å². The summed E-state index contributed by atoms with van der Waals surface area (Å²) in [6.45, 7) is 3.57. The summed E-state index contributed by atoms with van der Waals surface area (Å²) in [6, 6.07) is 0. The maximum atomic E-state index is 10.7. The molecule has 0 aromatic carbocycles. The third kappa shape index (κ3) is 5.51. The molecule has 0 radical (unpaired) electrons. The molecule has 0 atom stereocenters. The van der Waals surface area contributed by atoms with Crippen molar-refractivity contribution in [3.05, 3.63) is 36.5 Å². The zero-order chi connectivity index (χ0) is 10.1. The lowest BCUT2D eigenvalue weighted by molar-refractivity contribution is -0.134. The molecule has 68 valence electrons. The summed E-state index contributed by atoms with van der Waals surface area (Å²) in [5.41, 5.74) is 0.850. The van der Waals surface area contributed by atoms with Crippen molar-refractivity contribution in [2.24, 2.45) is 0 Å². The molecule has 0 rings (SSSR count). The van der Waals surface area contributed by atoms with Gasteiger partial charge in [0.05, 0.1) is 7.11 Å². The van der Waals surface area contributed by atoms with E-state index >= 15 is 0 Å². The zero-order valence-electron chi connectivity index (χ0n) is 7.62. The molecule has 0 saturated heterocycles. The van der Waals surface area contributed by atoms with Crippen LogP contribution in [-0.4, -0.2) is 13.1 Å². The van der Waals surface area contributed by atoms with Crippen LogP contribution >= 0.6 is 0 Å². The Morgan fingerprint density at radius 1 is 1.62 bits per heavy atom. The summed E-state index contributed by atoms with van der Waals surface area (Å²) in [5.74, 6) is 1.98. The van der Waals surface area contributed by atoms with E-state index in [2.05, 4.69) is 17.2 Å². The lowest BCUT2D eigenvalue weighted by Crippen LogP contribution is -1.93. The molecule has 0 spiro atoms. The van der Waals surface area contributed by atoms with E-state index in [4.69, 9.17) is 6.42 Å². The smallest absolute Gasteiger partial charge is 0.330 e. The van der Waals surface area contributed by atoms with E-state index in [0.717, 1.165) is 5.57 Å². The first-order valence-corrected chi connectivity index (χ1v) is 3.76. The van der Waals surface area contributed by atoms with Gasteiger partial charge in [-0.25, -0.2) is 4.79 Å². The molecule has 0 N–H and O–H groups in total. The van der Waals surface area contributed by atoms with Gasteiger partial charge in [-0.2, -0.15) is 0 Å². The Hall–Kier alpha value is -1.75. The van der Waals surface area contributed by atoms with Crippen LogP contribution in [0.1, 0.15) is 6.42 Å². The van der Waals surface area contributed by atoms with E-state index in [1.807, 2.05) is 0 Å². The highest BCUT2D eigenvalue weighted by Crippen LogP contribution is 2.03. The quantitative estimate of drug-likeness (QED) is 0.215. The lowest BCUT2D eigenvalue weighted by atomic mass is 10.1.